The second-order valence-corrected chi connectivity index (χ2v) is 7.86. The minimum absolute atomic E-state index is 0.169. The van der Waals surface area contributed by atoms with Gasteiger partial charge in [-0.25, -0.2) is 4.98 Å². The molecule has 6 nitrogen and oxygen atoms in total. The van der Waals surface area contributed by atoms with Gasteiger partial charge < -0.3 is 15.0 Å². The summed E-state index contributed by atoms with van der Waals surface area (Å²) in [6, 6.07) is 5.49. The van der Waals surface area contributed by atoms with Gasteiger partial charge >= 0.3 is 0 Å². The van der Waals surface area contributed by atoms with Crippen molar-refractivity contribution in [2.45, 2.75) is 19.3 Å². The van der Waals surface area contributed by atoms with Crippen LogP contribution in [-0.2, 0) is 0 Å². The highest BCUT2D eigenvalue weighted by molar-refractivity contribution is 5.70. The van der Waals surface area contributed by atoms with Crippen LogP contribution < -0.4 is 5.32 Å². The average molecular weight is 373 g/mol. The van der Waals surface area contributed by atoms with Crippen LogP contribution in [0.3, 0.4) is 0 Å². The van der Waals surface area contributed by atoms with Crippen LogP contribution in [0.1, 0.15) is 25.0 Å². The van der Waals surface area contributed by atoms with Crippen LogP contribution in [-0.4, -0.2) is 37.7 Å². The first-order valence-corrected chi connectivity index (χ1v) is 9.70. The molecule has 1 aliphatic carbocycles. The second kappa shape index (κ2) is 6.56. The fourth-order valence-corrected chi connectivity index (χ4v) is 4.36. The van der Waals surface area contributed by atoms with Crippen molar-refractivity contribution in [2.24, 2.45) is 11.3 Å². The van der Waals surface area contributed by atoms with E-state index in [0.717, 1.165) is 36.5 Å². The average Bonchev–Trinajstić information content (AvgIpc) is 3.27. The smallest absolute Gasteiger partial charge is 0.127 e. The van der Waals surface area contributed by atoms with Crippen molar-refractivity contribution in [1.82, 2.24) is 24.8 Å². The van der Waals surface area contributed by atoms with Crippen molar-refractivity contribution >= 4 is 5.57 Å². The molecular formula is C22H23N5O. The molecule has 0 unspecified atom stereocenters. The monoisotopic (exact) mass is 373 g/mol. The molecule has 1 saturated heterocycles. The van der Waals surface area contributed by atoms with Crippen LogP contribution in [0.25, 0.3) is 22.5 Å². The summed E-state index contributed by atoms with van der Waals surface area (Å²) >= 11 is 0. The van der Waals surface area contributed by atoms with Crippen LogP contribution in [0.2, 0.25) is 0 Å². The van der Waals surface area contributed by atoms with E-state index < -0.39 is 0 Å². The van der Waals surface area contributed by atoms with Crippen molar-refractivity contribution in [2.75, 3.05) is 13.1 Å². The highest BCUT2D eigenvalue weighted by Crippen LogP contribution is 2.57. The van der Waals surface area contributed by atoms with E-state index in [1.54, 1.807) is 31.0 Å². The summed E-state index contributed by atoms with van der Waals surface area (Å²) in [5.74, 6) is 0.652. The summed E-state index contributed by atoms with van der Waals surface area (Å²) < 4.78 is 1.84. The van der Waals surface area contributed by atoms with Gasteiger partial charge in [-0.2, -0.15) is 0 Å². The zero-order valence-corrected chi connectivity index (χ0v) is 15.7. The first-order valence-electron chi connectivity index (χ1n) is 9.70. The molecule has 28 heavy (non-hydrogen) atoms. The molecule has 0 bridgehead atoms. The van der Waals surface area contributed by atoms with E-state index >= 15 is 0 Å². The lowest BCUT2D eigenvalue weighted by Gasteiger charge is -2.33. The summed E-state index contributed by atoms with van der Waals surface area (Å²) in [7, 11) is 0. The molecule has 2 fully saturated rings. The van der Waals surface area contributed by atoms with E-state index in [9.17, 15) is 5.11 Å². The van der Waals surface area contributed by atoms with E-state index in [2.05, 4.69) is 26.8 Å². The van der Waals surface area contributed by atoms with E-state index in [4.69, 9.17) is 0 Å². The molecule has 1 aromatic carbocycles. The third-order valence-electron chi connectivity index (χ3n) is 6.18. The lowest BCUT2D eigenvalue weighted by atomic mass is 9.77. The Labute approximate surface area is 164 Å². The molecule has 2 aliphatic rings. The largest absolute Gasteiger partial charge is 0.507 e. The maximum Gasteiger partial charge on any atom is 0.127 e. The van der Waals surface area contributed by atoms with Crippen molar-refractivity contribution in [3.63, 3.8) is 0 Å². The molecule has 142 valence electrons. The van der Waals surface area contributed by atoms with Gasteiger partial charge in [0.15, 0.2) is 0 Å². The number of phenols is 1. The number of phenolic OH excluding ortho intramolecular Hbond substituents is 1. The lowest BCUT2D eigenvalue weighted by Crippen LogP contribution is -2.38. The quantitative estimate of drug-likeness (QED) is 0.733. The number of allylic oxidation sites excluding steroid dienone is 1. The van der Waals surface area contributed by atoms with Crippen molar-refractivity contribution in [3.8, 4) is 22.7 Å². The zero-order valence-electron chi connectivity index (χ0n) is 15.7. The number of nitrogens with one attached hydrogen (secondary N) is 1. The first-order chi connectivity index (χ1) is 13.7. The summed E-state index contributed by atoms with van der Waals surface area (Å²) in [6.45, 7) is 6.47. The lowest BCUT2D eigenvalue weighted by molar-refractivity contribution is 0.288. The molecule has 5 rings (SSSR count). The Bertz CT molecular complexity index is 1010. The van der Waals surface area contributed by atoms with Gasteiger partial charge in [-0.3, -0.25) is 9.97 Å². The van der Waals surface area contributed by atoms with Crippen LogP contribution in [0.4, 0.5) is 0 Å². The van der Waals surface area contributed by atoms with Gasteiger partial charge in [-0.15, -0.1) is 0 Å². The number of aromatic hydroxyl groups is 1. The molecule has 0 amide bonds. The maximum absolute atomic E-state index is 10.5. The Balaban J connectivity index is 1.39. The van der Waals surface area contributed by atoms with Crippen molar-refractivity contribution in [3.05, 3.63) is 61.6 Å². The molecule has 6 heteroatoms. The van der Waals surface area contributed by atoms with Gasteiger partial charge in [0.2, 0.25) is 0 Å². The highest BCUT2D eigenvalue weighted by atomic mass is 16.3. The molecule has 3 heterocycles. The van der Waals surface area contributed by atoms with Gasteiger partial charge in [0.25, 0.3) is 0 Å². The fourth-order valence-electron chi connectivity index (χ4n) is 4.36. The summed E-state index contributed by atoms with van der Waals surface area (Å²) in [4.78, 5) is 13.2. The maximum atomic E-state index is 10.5. The van der Waals surface area contributed by atoms with Gasteiger partial charge in [0.05, 0.1) is 35.8 Å². The SMILES string of the molecule is C=C(c1cnc(-c2ccc(-n3ccnc3)cc2O)cn1)[C@@H]1CCNCC12CC2. The summed E-state index contributed by atoms with van der Waals surface area (Å²) in [6.07, 6.45) is 12.4. The van der Waals surface area contributed by atoms with Gasteiger partial charge in [-0.1, -0.05) is 6.58 Å². The predicted molar refractivity (Wildman–Crippen MR) is 108 cm³/mol. The van der Waals surface area contributed by atoms with E-state index in [1.807, 2.05) is 22.9 Å². The number of piperidine rings is 1. The molecule has 2 aromatic heterocycles. The molecule has 1 atom stereocenters. The Morgan fingerprint density at radius 3 is 2.82 bits per heavy atom. The molecule has 1 aliphatic heterocycles. The van der Waals surface area contributed by atoms with Gasteiger partial charge in [0, 0.05) is 30.6 Å². The van der Waals surface area contributed by atoms with Crippen LogP contribution in [0, 0.1) is 11.3 Å². The third kappa shape index (κ3) is 2.90. The number of benzene rings is 1. The number of imidazole rings is 1. The normalized spacial score (nSPS) is 20.2. The number of nitrogens with zero attached hydrogens (tertiary/aromatic N) is 4. The Kier molecular flexibility index (Phi) is 4.02. The van der Waals surface area contributed by atoms with E-state index in [1.165, 1.54) is 12.8 Å². The van der Waals surface area contributed by atoms with Crippen LogP contribution in [0.15, 0.2) is 55.9 Å². The fraction of sp³-hybridized carbons (Fsp3) is 0.318. The minimum Gasteiger partial charge on any atom is -0.507 e. The number of hydrogen-bond acceptors (Lipinski definition) is 5. The molecular weight excluding hydrogens is 350 g/mol. The first kappa shape index (κ1) is 17.1. The summed E-state index contributed by atoms with van der Waals surface area (Å²) in [5.41, 5.74) is 4.50. The van der Waals surface area contributed by atoms with Crippen molar-refractivity contribution in [1.29, 1.82) is 0 Å². The number of hydrogen-bond donors (Lipinski definition) is 2. The Morgan fingerprint density at radius 2 is 2.14 bits per heavy atom. The summed E-state index contributed by atoms with van der Waals surface area (Å²) in [5, 5.41) is 14.0. The predicted octanol–water partition coefficient (Wildman–Crippen LogP) is 3.44. The van der Waals surface area contributed by atoms with Crippen molar-refractivity contribution < 1.29 is 5.11 Å². The topological polar surface area (TPSA) is 75.9 Å². The van der Waals surface area contributed by atoms with Gasteiger partial charge in [-0.05, 0) is 54.8 Å². The molecule has 2 N–H and O–H groups in total. The van der Waals surface area contributed by atoms with Crippen LogP contribution >= 0.6 is 0 Å². The molecule has 3 aromatic rings. The zero-order chi connectivity index (χ0) is 19.1. The molecule has 1 saturated carbocycles. The van der Waals surface area contributed by atoms with E-state index in [-0.39, 0.29) is 5.75 Å². The third-order valence-corrected chi connectivity index (χ3v) is 6.18. The number of aromatic nitrogens is 4. The van der Waals surface area contributed by atoms with Crippen LogP contribution in [0.5, 0.6) is 5.75 Å². The highest BCUT2D eigenvalue weighted by Gasteiger charge is 2.51. The molecule has 1 spiro atoms. The minimum atomic E-state index is 0.169. The number of rotatable bonds is 4. The van der Waals surface area contributed by atoms with Gasteiger partial charge in [0.1, 0.15) is 5.75 Å². The van der Waals surface area contributed by atoms with E-state index in [0.29, 0.717) is 22.6 Å². The Hall–Kier alpha value is -2.99. The molecule has 0 radical (unpaired) electrons. The second-order valence-electron chi connectivity index (χ2n) is 7.86. The Morgan fingerprint density at radius 1 is 1.25 bits per heavy atom. The standard InChI is InChI=1S/C22H23N5O/c1-15(18-4-7-23-13-22(18)5-6-22)19-11-26-20(12-25-19)17-3-2-16(10-21(17)28)27-9-8-24-14-27/h2-3,8-12,14,18,23,28H,1,4-7,13H2/t18-/m0/s1.